The summed E-state index contributed by atoms with van der Waals surface area (Å²) in [7, 11) is 3.21. The van der Waals surface area contributed by atoms with Crippen molar-refractivity contribution >= 4 is 11.6 Å². The lowest BCUT2D eigenvalue weighted by Crippen LogP contribution is -2.14. The van der Waals surface area contributed by atoms with Gasteiger partial charge in [-0.25, -0.2) is 0 Å². The number of carbonyl (C=O) groups is 1. The number of benzene rings is 2. The number of hydrogen-bond acceptors (Lipinski definition) is 4. The molecule has 2 aromatic carbocycles. The average molecular weight is 342 g/mol. The van der Waals surface area contributed by atoms with Crippen LogP contribution in [0.5, 0.6) is 11.5 Å². The standard InChI is InChI=1S/C20H26N2O3/c1-4-21-14-16-6-5-7-17(12-16)22-20(23)11-9-15-8-10-18(24-2)19(13-15)25-3/h5-8,10,12-13,21H,4,9,11,14H2,1-3H3,(H,22,23). The van der Waals surface area contributed by atoms with Gasteiger partial charge in [-0.2, -0.15) is 0 Å². The van der Waals surface area contributed by atoms with Crippen molar-refractivity contribution in [1.29, 1.82) is 0 Å². The molecule has 0 unspecified atom stereocenters. The largest absolute Gasteiger partial charge is 0.493 e. The van der Waals surface area contributed by atoms with Crippen LogP contribution in [0, 0.1) is 0 Å². The van der Waals surface area contributed by atoms with E-state index < -0.39 is 0 Å². The van der Waals surface area contributed by atoms with Gasteiger partial charge >= 0.3 is 0 Å². The first-order chi connectivity index (χ1) is 12.2. The zero-order chi connectivity index (χ0) is 18.1. The Labute approximate surface area is 149 Å². The summed E-state index contributed by atoms with van der Waals surface area (Å²) < 4.78 is 10.5. The second kappa shape index (κ2) is 9.69. The molecular weight excluding hydrogens is 316 g/mol. The van der Waals surface area contributed by atoms with Crippen LogP contribution in [0.1, 0.15) is 24.5 Å². The zero-order valence-electron chi connectivity index (χ0n) is 15.1. The van der Waals surface area contributed by atoms with Gasteiger partial charge in [-0.15, -0.1) is 0 Å². The molecule has 0 aliphatic heterocycles. The summed E-state index contributed by atoms with van der Waals surface area (Å²) in [4.78, 5) is 12.2. The molecule has 0 spiro atoms. The van der Waals surface area contributed by atoms with Gasteiger partial charge in [0.05, 0.1) is 14.2 Å². The molecule has 5 heteroatoms. The number of nitrogens with one attached hydrogen (secondary N) is 2. The Balaban J connectivity index is 1.90. The predicted molar refractivity (Wildman–Crippen MR) is 100 cm³/mol. The fourth-order valence-corrected chi connectivity index (χ4v) is 2.55. The number of amides is 1. The quantitative estimate of drug-likeness (QED) is 0.733. The lowest BCUT2D eigenvalue weighted by atomic mass is 10.1. The number of methoxy groups -OCH3 is 2. The fraction of sp³-hybridized carbons (Fsp3) is 0.350. The Morgan fingerprint density at radius 2 is 1.80 bits per heavy atom. The van der Waals surface area contributed by atoms with Crippen molar-refractivity contribution in [2.45, 2.75) is 26.3 Å². The highest BCUT2D eigenvalue weighted by atomic mass is 16.5. The minimum absolute atomic E-state index is 0.00427. The number of aryl methyl sites for hydroxylation is 1. The maximum absolute atomic E-state index is 12.2. The molecule has 0 saturated carbocycles. The minimum atomic E-state index is -0.00427. The second-order valence-electron chi connectivity index (χ2n) is 5.72. The molecule has 2 aromatic rings. The number of anilines is 1. The molecule has 2 N–H and O–H groups in total. The van der Waals surface area contributed by atoms with E-state index in [1.807, 2.05) is 42.5 Å². The van der Waals surface area contributed by atoms with Crippen molar-refractivity contribution in [3.05, 3.63) is 53.6 Å². The first-order valence-corrected chi connectivity index (χ1v) is 8.46. The summed E-state index contributed by atoms with van der Waals surface area (Å²) in [6, 6.07) is 13.6. The van der Waals surface area contributed by atoms with Gasteiger partial charge in [-0.1, -0.05) is 25.1 Å². The Bertz CT molecular complexity index is 701. The molecule has 0 saturated heterocycles. The number of rotatable bonds is 9. The molecule has 0 radical (unpaired) electrons. The monoisotopic (exact) mass is 342 g/mol. The summed E-state index contributed by atoms with van der Waals surface area (Å²) in [6.07, 6.45) is 1.05. The van der Waals surface area contributed by atoms with Crippen molar-refractivity contribution in [3.63, 3.8) is 0 Å². The maximum Gasteiger partial charge on any atom is 0.224 e. The third kappa shape index (κ3) is 5.80. The van der Waals surface area contributed by atoms with Crippen LogP contribution in [-0.2, 0) is 17.8 Å². The molecule has 1 amide bonds. The van der Waals surface area contributed by atoms with Gasteiger partial charge in [0.2, 0.25) is 5.91 Å². The van der Waals surface area contributed by atoms with E-state index in [0.29, 0.717) is 24.3 Å². The minimum Gasteiger partial charge on any atom is -0.493 e. The van der Waals surface area contributed by atoms with Crippen LogP contribution in [0.2, 0.25) is 0 Å². The summed E-state index contributed by atoms with van der Waals surface area (Å²) in [5, 5.41) is 6.23. The molecule has 0 heterocycles. The van der Waals surface area contributed by atoms with Crippen molar-refractivity contribution in [2.75, 3.05) is 26.1 Å². The third-order valence-corrected chi connectivity index (χ3v) is 3.88. The molecule has 0 aromatic heterocycles. The predicted octanol–water partition coefficient (Wildman–Crippen LogP) is 3.38. The van der Waals surface area contributed by atoms with E-state index in [2.05, 4.69) is 17.6 Å². The van der Waals surface area contributed by atoms with E-state index in [4.69, 9.17) is 9.47 Å². The molecule has 0 aliphatic carbocycles. The van der Waals surface area contributed by atoms with Crippen LogP contribution >= 0.6 is 0 Å². The third-order valence-electron chi connectivity index (χ3n) is 3.88. The maximum atomic E-state index is 12.2. The van der Waals surface area contributed by atoms with Crippen molar-refractivity contribution in [1.82, 2.24) is 5.32 Å². The van der Waals surface area contributed by atoms with E-state index in [1.54, 1.807) is 14.2 Å². The normalized spacial score (nSPS) is 10.4. The van der Waals surface area contributed by atoms with Crippen LogP contribution in [0.3, 0.4) is 0 Å². The van der Waals surface area contributed by atoms with Gasteiger partial charge in [0.15, 0.2) is 11.5 Å². The molecular formula is C20H26N2O3. The van der Waals surface area contributed by atoms with Crippen LogP contribution in [0.25, 0.3) is 0 Å². The molecule has 134 valence electrons. The van der Waals surface area contributed by atoms with Crippen molar-refractivity contribution in [3.8, 4) is 11.5 Å². The van der Waals surface area contributed by atoms with Crippen LogP contribution in [0.15, 0.2) is 42.5 Å². The molecule has 0 aliphatic rings. The van der Waals surface area contributed by atoms with Gasteiger partial charge in [-0.3, -0.25) is 4.79 Å². The van der Waals surface area contributed by atoms with E-state index in [9.17, 15) is 4.79 Å². The lowest BCUT2D eigenvalue weighted by molar-refractivity contribution is -0.116. The molecule has 2 rings (SSSR count). The fourth-order valence-electron chi connectivity index (χ4n) is 2.55. The van der Waals surface area contributed by atoms with Crippen LogP contribution in [-0.4, -0.2) is 26.7 Å². The van der Waals surface area contributed by atoms with E-state index in [1.165, 1.54) is 0 Å². The summed E-state index contributed by atoms with van der Waals surface area (Å²) >= 11 is 0. The van der Waals surface area contributed by atoms with Crippen molar-refractivity contribution < 1.29 is 14.3 Å². The summed E-state index contributed by atoms with van der Waals surface area (Å²) in [5.74, 6) is 1.36. The Morgan fingerprint density at radius 3 is 2.52 bits per heavy atom. The summed E-state index contributed by atoms with van der Waals surface area (Å²) in [5.41, 5.74) is 3.01. The summed E-state index contributed by atoms with van der Waals surface area (Å²) in [6.45, 7) is 3.79. The Morgan fingerprint density at radius 1 is 1.00 bits per heavy atom. The highest BCUT2D eigenvalue weighted by molar-refractivity contribution is 5.90. The van der Waals surface area contributed by atoms with Crippen molar-refractivity contribution in [2.24, 2.45) is 0 Å². The van der Waals surface area contributed by atoms with E-state index >= 15 is 0 Å². The lowest BCUT2D eigenvalue weighted by Gasteiger charge is -2.10. The highest BCUT2D eigenvalue weighted by Crippen LogP contribution is 2.28. The second-order valence-corrected chi connectivity index (χ2v) is 5.72. The number of carbonyl (C=O) groups excluding carboxylic acids is 1. The first-order valence-electron chi connectivity index (χ1n) is 8.46. The topological polar surface area (TPSA) is 59.6 Å². The van der Waals surface area contributed by atoms with Gasteiger partial charge in [0.1, 0.15) is 0 Å². The number of hydrogen-bond donors (Lipinski definition) is 2. The number of ether oxygens (including phenoxy) is 2. The van der Waals surface area contributed by atoms with Gasteiger partial charge < -0.3 is 20.1 Å². The zero-order valence-corrected chi connectivity index (χ0v) is 15.1. The van der Waals surface area contributed by atoms with Gasteiger partial charge in [0, 0.05) is 18.7 Å². The van der Waals surface area contributed by atoms with E-state index in [-0.39, 0.29) is 5.91 Å². The van der Waals surface area contributed by atoms with Crippen LogP contribution < -0.4 is 20.1 Å². The molecule has 0 atom stereocenters. The van der Waals surface area contributed by atoms with Gasteiger partial charge in [-0.05, 0) is 48.4 Å². The Kier molecular flexibility index (Phi) is 7.29. The molecule has 25 heavy (non-hydrogen) atoms. The Hall–Kier alpha value is -2.53. The molecule has 5 nitrogen and oxygen atoms in total. The van der Waals surface area contributed by atoms with E-state index in [0.717, 1.165) is 29.9 Å². The van der Waals surface area contributed by atoms with Crippen LogP contribution in [0.4, 0.5) is 5.69 Å². The molecule has 0 fully saturated rings. The molecule has 0 bridgehead atoms. The van der Waals surface area contributed by atoms with Gasteiger partial charge in [0.25, 0.3) is 0 Å². The SMILES string of the molecule is CCNCc1cccc(NC(=O)CCc2ccc(OC)c(OC)c2)c1. The highest BCUT2D eigenvalue weighted by Gasteiger charge is 2.07. The smallest absolute Gasteiger partial charge is 0.224 e. The first kappa shape index (κ1) is 18.8. The average Bonchev–Trinajstić information content (AvgIpc) is 2.64.